The highest BCUT2D eigenvalue weighted by atomic mass is 28.4. The Morgan fingerprint density at radius 1 is 1.21 bits per heavy atom. The fraction of sp³-hybridized carbons (Fsp3) is 0.533. The number of aryl methyl sites for hydroxylation is 1. The summed E-state index contributed by atoms with van der Waals surface area (Å²) in [5.74, 6) is 0. The van der Waals surface area contributed by atoms with Gasteiger partial charge in [-0.1, -0.05) is 26.8 Å². The molecule has 1 aliphatic rings. The highest BCUT2D eigenvalue weighted by Crippen LogP contribution is 2.37. The number of nitrogens with two attached hydrogens (primary N) is 1. The average molecular weight is 276 g/mol. The maximum Gasteiger partial charge on any atom is 0.286 e. The van der Waals surface area contributed by atoms with Crippen LogP contribution in [0.25, 0.3) is 0 Å². The molecule has 1 aliphatic carbocycles. The number of anilines is 1. The number of hydrogen-bond donors (Lipinski definition) is 1. The highest BCUT2D eigenvalue weighted by Gasteiger charge is 2.40. The van der Waals surface area contributed by atoms with Crippen LogP contribution in [0.4, 0.5) is 5.69 Å². The van der Waals surface area contributed by atoms with Gasteiger partial charge in [0.1, 0.15) is 0 Å². The van der Waals surface area contributed by atoms with Gasteiger partial charge in [0.15, 0.2) is 0 Å². The molecule has 1 aromatic rings. The minimum absolute atomic E-state index is 0.180. The molecule has 0 atom stereocenters. The Morgan fingerprint density at radius 3 is 2.53 bits per heavy atom. The van der Waals surface area contributed by atoms with Gasteiger partial charge in [-0.3, -0.25) is 0 Å². The van der Waals surface area contributed by atoms with E-state index < -0.39 is 8.32 Å². The molecule has 0 saturated heterocycles. The van der Waals surface area contributed by atoms with Crippen LogP contribution in [0.2, 0.25) is 18.1 Å². The van der Waals surface area contributed by atoms with Crippen LogP contribution in [0.1, 0.15) is 38.3 Å². The molecule has 0 amide bonds. The lowest BCUT2D eigenvalue weighted by Gasteiger charge is -2.33. The number of rotatable bonds is 2. The Balaban J connectivity index is 2.21. The molecule has 0 bridgehead atoms. The number of nitrogens with zero attached hydrogens (tertiary/aromatic N) is 1. The Labute approximate surface area is 117 Å². The van der Waals surface area contributed by atoms with Crippen molar-refractivity contribution in [3.8, 4) is 0 Å². The van der Waals surface area contributed by atoms with Crippen molar-refractivity contribution in [3.05, 3.63) is 29.3 Å². The standard InChI is InChI=1S/C15H24N2OSi/c1-15(2,3)19(4,5)18-17-14-9-6-11-10-12(16)7-8-13(11)14/h7-8,10H,6,9,16H2,1-5H3/b17-14+. The largest absolute Gasteiger partial charge is 0.455 e. The van der Waals surface area contributed by atoms with E-state index in [0.29, 0.717) is 0 Å². The van der Waals surface area contributed by atoms with Crippen LogP contribution in [0, 0.1) is 0 Å². The number of hydrogen-bond acceptors (Lipinski definition) is 3. The lowest BCUT2D eigenvalue weighted by Crippen LogP contribution is -2.39. The first-order valence-electron chi connectivity index (χ1n) is 6.84. The van der Waals surface area contributed by atoms with Crippen molar-refractivity contribution in [2.75, 3.05) is 5.73 Å². The zero-order valence-corrected chi connectivity index (χ0v) is 13.6. The number of nitrogen functional groups attached to an aromatic ring is 1. The van der Waals surface area contributed by atoms with Crippen molar-refractivity contribution >= 4 is 19.7 Å². The van der Waals surface area contributed by atoms with Gasteiger partial charge in [-0.25, -0.2) is 0 Å². The first-order chi connectivity index (χ1) is 8.71. The molecule has 0 saturated carbocycles. The number of fused-ring (bicyclic) bond motifs is 1. The maximum absolute atomic E-state index is 5.96. The van der Waals surface area contributed by atoms with Gasteiger partial charge in [0, 0.05) is 11.3 Å². The van der Waals surface area contributed by atoms with E-state index in [1.807, 2.05) is 12.1 Å². The van der Waals surface area contributed by atoms with E-state index >= 15 is 0 Å². The maximum atomic E-state index is 5.96. The van der Waals surface area contributed by atoms with Crippen LogP contribution in [0.5, 0.6) is 0 Å². The molecule has 0 spiro atoms. The summed E-state index contributed by atoms with van der Waals surface area (Å²) in [7, 11) is -1.82. The first kappa shape index (κ1) is 14.1. The first-order valence-corrected chi connectivity index (χ1v) is 9.75. The van der Waals surface area contributed by atoms with Gasteiger partial charge in [-0.2, -0.15) is 0 Å². The normalized spacial score (nSPS) is 17.6. The summed E-state index contributed by atoms with van der Waals surface area (Å²) >= 11 is 0. The molecule has 2 N–H and O–H groups in total. The van der Waals surface area contributed by atoms with Crippen LogP contribution in [0.15, 0.2) is 23.4 Å². The predicted molar refractivity (Wildman–Crippen MR) is 84.0 cm³/mol. The van der Waals surface area contributed by atoms with E-state index in [4.69, 9.17) is 10.3 Å². The summed E-state index contributed by atoms with van der Waals surface area (Å²) in [6.45, 7) is 11.1. The van der Waals surface area contributed by atoms with Gasteiger partial charge < -0.3 is 10.3 Å². The van der Waals surface area contributed by atoms with Crippen molar-refractivity contribution < 1.29 is 4.53 Å². The molecule has 2 rings (SSSR count). The summed E-state index contributed by atoms with van der Waals surface area (Å²) in [5, 5.41) is 4.65. The second-order valence-electron chi connectivity index (χ2n) is 6.81. The van der Waals surface area contributed by atoms with Gasteiger partial charge in [0.25, 0.3) is 8.32 Å². The Morgan fingerprint density at radius 2 is 1.89 bits per heavy atom. The van der Waals surface area contributed by atoms with Crippen LogP contribution in [-0.4, -0.2) is 14.0 Å². The quantitative estimate of drug-likeness (QED) is 0.505. The number of benzene rings is 1. The van der Waals surface area contributed by atoms with Crippen LogP contribution < -0.4 is 5.73 Å². The molecule has 3 nitrogen and oxygen atoms in total. The van der Waals surface area contributed by atoms with Crippen molar-refractivity contribution in [3.63, 3.8) is 0 Å². The van der Waals surface area contributed by atoms with Gasteiger partial charge in [-0.15, -0.1) is 5.16 Å². The average Bonchev–Trinajstić information content (AvgIpc) is 2.67. The second-order valence-corrected chi connectivity index (χ2v) is 11.5. The van der Waals surface area contributed by atoms with Crippen molar-refractivity contribution in [2.45, 2.75) is 51.7 Å². The summed E-state index contributed by atoms with van der Waals surface area (Å²) < 4.78 is 5.96. The molecular formula is C15H24N2OSi. The van der Waals surface area contributed by atoms with E-state index in [1.54, 1.807) is 0 Å². The molecule has 0 radical (unpaired) electrons. The summed E-state index contributed by atoms with van der Waals surface area (Å²) in [5.41, 5.74) is 10.2. The predicted octanol–water partition coefficient (Wildman–Crippen LogP) is 3.94. The lowest BCUT2D eigenvalue weighted by molar-refractivity contribution is 0.307. The topological polar surface area (TPSA) is 47.6 Å². The molecular weight excluding hydrogens is 252 g/mol. The molecule has 1 aromatic carbocycles. The highest BCUT2D eigenvalue weighted by molar-refractivity contribution is 6.74. The van der Waals surface area contributed by atoms with Crippen molar-refractivity contribution in [1.82, 2.24) is 0 Å². The summed E-state index contributed by atoms with van der Waals surface area (Å²) in [6, 6.07) is 6.04. The molecule has 0 aliphatic heterocycles. The zero-order valence-electron chi connectivity index (χ0n) is 12.6. The van der Waals surface area contributed by atoms with Gasteiger partial charge in [0.05, 0.1) is 5.71 Å². The van der Waals surface area contributed by atoms with E-state index in [0.717, 1.165) is 24.2 Å². The third kappa shape index (κ3) is 2.83. The monoisotopic (exact) mass is 276 g/mol. The van der Waals surface area contributed by atoms with E-state index in [2.05, 4.69) is 45.1 Å². The van der Waals surface area contributed by atoms with Crippen LogP contribution in [0.3, 0.4) is 0 Å². The smallest absolute Gasteiger partial charge is 0.286 e. The Bertz CT molecular complexity index is 515. The van der Waals surface area contributed by atoms with Crippen molar-refractivity contribution in [2.24, 2.45) is 5.16 Å². The molecule has 19 heavy (non-hydrogen) atoms. The van der Waals surface area contributed by atoms with Gasteiger partial charge in [-0.05, 0) is 48.7 Å². The SMILES string of the molecule is CC(C)(C)[Si](C)(C)O/N=C1\CCc2cc(N)ccc21. The van der Waals surface area contributed by atoms with E-state index in [1.165, 1.54) is 11.1 Å². The molecule has 0 aromatic heterocycles. The third-order valence-electron chi connectivity index (χ3n) is 4.26. The molecule has 0 unspecified atom stereocenters. The lowest BCUT2D eigenvalue weighted by atomic mass is 10.1. The molecule has 0 heterocycles. The fourth-order valence-corrected chi connectivity index (χ4v) is 2.50. The van der Waals surface area contributed by atoms with Gasteiger partial charge in [0.2, 0.25) is 0 Å². The Hall–Kier alpha value is -1.29. The second kappa shape index (κ2) is 4.67. The zero-order chi connectivity index (χ0) is 14.3. The third-order valence-corrected chi connectivity index (χ3v) is 8.42. The van der Waals surface area contributed by atoms with E-state index in [-0.39, 0.29) is 5.04 Å². The van der Waals surface area contributed by atoms with Crippen LogP contribution in [-0.2, 0) is 10.9 Å². The summed E-state index contributed by atoms with van der Waals surface area (Å²) in [4.78, 5) is 0. The Kier molecular flexibility index (Phi) is 3.47. The minimum Gasteiger partial charge on any atom is -0.455 e. The summed E-state index contributed by atoms with van der Waals surface area (Å²) in [6.07, 6.45) is 1.97. The molecule has 104 valence electrons. The van der Waals surface area contributed by atoms with Gasteiger partial charge >= 0.3 is 0 Å². The number of oxime groups is 1. The van der Waals surface area contributed by atoms with Crippen molar-refractivity contribution in [1.29, 1.82) is 0 Å². The van der Waals surface area contributed by atoms with Crippen LogP contribution >= 0.6 is 0 Å². The minimum atomic E-state index is -1.82. The molecule has 4 heteroatoms. The fourth-order valence-electron chi connectivity index (χ4n) is 1.89. The molecule has 0 fully saturated rings. The van der Waals surface area contributed by atoms with E-state index in [9.17, 15) is 0 Å².